The average Bonchev–Trinajstić information content (AvgIpc) is 2.72. The van der Waals surface area contributed by atoms with Crippen molar-refractivity contribution in [3.8, 4) is 10.6 Å². The van der Waals surface area contributed by atoms with Crippen LogP contribution < -0.4 is 5.73 Å². The second-order valence-corrected chi connectivity index (χ2v) is 5.16. The van der Waals surface area contributed by atoms with Gasteiger partial charge in [-0.2, -0.15) is 0 Å². The molecule has 0 saturated carbocycles. The molecule has 0 fully saturated rings. The predicted octanol–water partition coefficient (Wildman–Crippen LogP) is 4.20. The summed E-state index contributed by atoms with van der Waals surface area (Å²) in [6, 6.07) is 13.5. The summed E-state index contributed by atoms with van der Waals surface area (Å²) in [5.41, 5.74) is 8.36. The SMILES string of the molecule is Nc1ccc2sc(-c3ccccc3Cl)nc2c1. The number of nitrogens with zero attached hydrogens (tertiary/aromatic N) is 1. The van der Waals surface area contributed by atoms with E-state index in [0.29, 0.717) is 0 Å². The van der Waals surface area contributed by atoms with E-state index in [1.54, 1.807) is 11.3 Å². The van der Waals surface area contributed by atoms with Gasteiger partial charge < -0.3 is 5.73 Å². The maximum Gasteiger partial charge on any atom is 0.126 e. The topological polar surface area (TPSA) is 38.9 Å². The van der Waals surface area contributed by atoms with E-state index in [0.717, 1.165) is 31.5 Å². The first kappa shape index (κ1) is 10.6. The molecule has 2 aromatic carbocycles. The lowest BCUT2D eigenvalue weighted by atomic mass is 10.2. The van der Waals surface area contributed by atoms with Crippen molar-refractivity contribution in [2.75, 3.05) is 5.73 Å². The molecule has 0 spiro atoms. The number of hydrogen-bond acceptors (Lipinski definition) is 3. The van der Waals surface area contributed by atoms with Crippen LogP contribution >= 0.6 is 22.9 Å². The summed E-state index contributed by atoms with van der Waals surface area (Å²) in [7, 11) is 0. The molecule has 1 heterocycles. The Morgan fingerprint density at radius 1 is 1.12 bits per heavy atom. The van der Waals surface area contributed by atoms with Gasteiger partial charge >= 0.3 is 0 Å². The third kappa shape index (κ3) is 1.88. The lowest BCUT2D eigenvalue weighted by molar-refractivity contribution is 1.48. The minimum atomic E-state index is 0.722. The largest absolute Gasteiger partial charge is 0.399 e. The van der Waals surface area contributed by atoms with Crippen molar-refractivity contribution in [1.29, 1.82) is 0 Å². The first-order valence-electron chi connectivity index (χ1n) is 5.15. The van der Waals surface area contributed by atoms with Crippen molar-refractivity contribution in [3.05, 3.63) is 47.5 Å². The Bertz CT molecular complexity index is 691. The number of nitrogens with two attached hydrogens (primary N) is 1. The highest BCUT2D eigenvalue weighted by atomic mass is 35.5. The average molecular weight is 261 g/mol. The molecule has 3 aromatic rings. The van der Waals surface area contributed by atoms with Crippen LogP contribution in [0.5, 0.6) is 0 Å². The molecule has 0 radical (unpaired) electrons. The zero-order valence-electron chi connectivity index (χ0n) is 8.85. The summed E-state index contributed by atoms with van der Waals surface area (Å²) in [6.45, 7) is 0. The summed E-state index contributed by atoms with van der Waals surface area (Å²) < 4.78 is 1.12. The Hall–Kier alpha value is -1.58. The fraction of sp³-hybridized carbons (Fsp3) is 0. The van der Waals surface area contributed by atoms with Gasteiger partial charge in [0.15, 0.2) is 0 Å². The van der Waals surface area contributed by atoms with Crippen molar-refractivity contribution in [3.63, 3.8) is 0 Å². The summed E-state index contributed by atoms with van der Waals surface area (Å²) in [5, 5.41) is 1.65. The van der Waals surface area contributed by atoms with Crippen LogP contribution in [0.1, 0.15) is 0 Å². The smallest absolute Gasteiger partial charge is 0.126 e. The number of rotatable bonds is 1. The molecule has 2 nitrogen and oxygen atoms in total. The van der Waals surface area contributed by atoms with Crippen LogP contribution in [0.25, 0.3) is 20.8 Å². The standard InChI is InChI=1S/C13H9ClN2S/c14-10-4-2-1-3-9(10)13-16-11-7-8(15)5-6-12(11)17-13/h1-7H,15H2. The Labute approximate surface area is 108 Å². The highest BCUT2D eigenvalue weighted by Gasteiger charge is 2.08. The number of halogens is 1. The lowest BCUT2D eigenvalue weighted by Crippen LogP contribution is -1.82. The summed E-state index contributed by atoms with van der Waals surface area (Å²) in [4.78, 5) is 4.56. The van der Waals surface area contributed by atoms with Gasteiger partial charge in [0.25, 0.3) is 0 Å². The van der Waals surface area contributed by atoms with Gasteiger partial charge in [0.05, 0.1) is 15.2 Å². The van der Waals surface area contributed by atoms with E-state index in [2.05, 4.69) is 4.98 Å². The Balaban J connectivity index is 2.22. The van der Waals surface area contributed by atoms with E-state index in [9.17, 15) is 0 Å². The number of fused-ring (bicyclic) bond motifs is 1. The van der Waals surface area contributed by atoms with E-state index in [1.165, 1.54) is 0 Å². The van der Waals surface area contributed by atoms with Crippen LogP contribution in [0.15, 0.2) is 42.5 Å². The lowest BCUT2D eigenvalue weighted by Gasteiger charge is -1.97. The molecule has 0 atom stereocenters. The third-order valence-electron chi connectivity index (χ3n) is 2.52. The molecule has 3 rings (SSSR count). The van der Waals surface area contributed by atoms with Gasteiger partial charge in [0, 0.05) is 11.3 Å². The van der Waals surface area contributed by atoms with Crippen LogP contribution in [0.4, 0.5) is 5.69 Å². The molecule has 0 aliphatic rings. The number of thiazole rings is 1. The minimum Gasteiger partial charge on any atom is -0.399 e. The monoisotopic (exact) mass is 260 g/mol. The van der Waals surface area contributed by atoms with Crippen LogP contribution in [0.2, 0.25) is 5.02 Å². The fourth-order valence-corrected chi connectivity index (χ4v) is 2.96. The number of aromatic nitrogens is 1. The van der Waals surface area contributed by atoms with Gasteiger partial charge in [-0.05, 0) is 24.3 Å². The van der Waals surface area contributed by atoms with Gasteiger partial charge in [0.2, 0.25) is 0 Å². The van der Waals surface area contributed by atoms with Crippen molar-refractivity contribution in [1.82, 2.24) is 4.98 Å². The molecule has 0 aliphatic heterocycles. The highest BCUT2D eigenvalue weighted by molar-refractivity contribution is 7.21. The summed E-state index contributed by atoms with van der Waals surface area (Å²) in [6.07, 6.45) is 0. The van der Waals surface area contributed by atoms with E-state index >= 15 is 0 Å². The zero-order chi connectivity index (χ0) is 11.8. The van der Waals surface area contributed by atoms with Gasteiger partial charge in [0.1, 0.15) is 5.01 Å². The number of benzene rings is 2. The van der Waals surface area contributed by atoms with Crippen LogP contribution in [-0.4, -0.2) is 4.98 Å². The second kappa shape index (κ2) is 4.02. The van der Waals surface area contributed by atoms with E-state index in [4.69, 9.17) is 17.3 Å². The number of hydrogen-bond donors (Lipinski definition) is 1. The van der Waals surface area contributed by atoms with Gasteiger partial charge in [-0.1, -0.05) is 29.8 Å². The fourth-order valence-electron chi connectivity index (χ4n) is 1.69. The first-order valence-corrected chi connectivity index (χ1v) is 6.34. The van der Waals surface area contributed by atoms with E-state index < -0.39 is 0 Å². The highest BCUT2D eigenvalue weighted by Crippen LogP contribution is 2.34. The molecule has 0 bridgehead atoms. The number of nitrogen functional groups attached to an aromatic ring is 1. The molecule has 2 N–H and O–H groups in total. The molecule has 1 aromatic heterocycles. The first-order chi connectivity index (χ1) is 8.24. The molecule has 17 heavy (non-hydrogen) atoms. The molecule has 84 valence electrons. The van der Waals surface area contributed by atoms with Crippen molar-refractivity contribution in [2.24, 2.45) is 0 Å². The summed E-state index contributed by atoms with van der Waals surface area (Å²) in [5.74, 6) is 0. The Kier molecular flexibility index (Phi) is 2.50. The van der Waals surface area contributed by atoms with E-state index in [1.807, 2.05) is 42.5 Å². The van der Waals surface area contributed by atoms with Crippen molar-refractivity contribution >= 4 is 38.8 Å². The molecule has 0 unspecified atom stereocenters. The number of anilines is 1. The van der Waals surface area contributed by atoms with Crippen LogP contribution in [0, 0.1) is 0 Å². The third-order valence-corrected chi connectivity index (χ3v) is 3.92. The maximum absolute atomic E-state index is 6.16. The molecule has 0 aliphatic carbocycles. The molecule has 0 saturated heterocycles. The predicted molar refractivity (Wildman–Crippen MR) is 74.5 cm³/mol. The van der Waals surface area contributed by atoms with Gasteiger partial charge in [-0.3, -0.25) is 0 Å². The molecular weight excluding hydrogens is 252 g/mol. The van der Waals surface area contributed by atoms with Crippen LogP contribution in [0.3, 0.4) is 0 Å². The second-order valence-electron chi connectivity index (χ2n) is 3.73. The van der Waals surface area contributed by atoms with Gasteiger partial charge in [-0.25, -0.2) is 4.98 Å². The quantitative estimate of drug-likeness (QED) is 0.666. The zero-order valence-corrected chi connectivity index (χ0v) is 10.4. The van der Waals surface area contributed by atoms with E-state index in [-0.39, 0.29) is 0 Å². The van der Waals surface area contributed by atoms with Crippen LogP contribution in [-0.2, 0) is 0 Å². The maximum atomic E-state index is 6.16. The van der Waals surface area contributed by atoms with Crippen molar-refractivity contribution < 1.29 is 0 Å². The molecule has 4 heteroatoms. The van der Waals surface area contributed by atoms with Gasteiger partial charge in [-0.15, -0.1) is 11.3 Å². The Morgan fingerprint density at radius 2 is 1.94 bits per heavy atom. The van der Waals surface area contributed by atoms with Crippen molar-refractivity contribution in [2.45, 2.75) is 0 Å². The summed E-state index contributed by atoms with van der Waals surface area (Å²) >= 11 is 7.78. The minimum absolute atomic E-state index is 0.722. The normalized spacial score (nSPS) is 10.9. The molecule has 0 amide bonds. The molecular formula is C13H9ClN2S. The Morgan fingerprint density at radius 3 is 2.76 bits per heavy atom.